The van der Waals surface area contributed by atoms with Gasteiger partial charge in [-0.05, 0) is 5.41 Å². The Hall–Kier alpha value is -0.660. The molecule has 1 aliphatic rings. The minimum absolute atomic E-state index is 0.576. The van der Waals surface area contributed by atoms with Crippen LogP contribution in [-0.4, -0.2) is 36.6 Å². The zero-order chi connectivity index (χ0) is 12.0. The highest BCUT2D eigenvalue weighted by atomic mass is 32.2. The Labute approximate surface area is 88.0 Å². The third-order valence-corrected chi connectivity index (χ3v) is 3.88. The van der Waals surface area contributed by atoms with Gasteiger partial charge in [-0.1, -0.05) is 13.8 Å². The molecule has 0 aromatic heterocycles. The van der Waals surface area contributed by atoms with E-state index in [2.05, 4.69) is 4.74 Å². The predicted molar refractivity (Wildman–Crippen MR) is 50.3 cm³/mol. The molecule has 2 N–H and O–H groups in total. The van der Waals surface area contributed by atoms with Crippen LogP contribution in [0.1, 0.15) is 13.8 Å². The first-order valence-corrected chi connectivity index (χ1v) is 5.86. The van der Waals surface area contributed by atoms with Crippen molar-refractivity contribution in [1.82, 2.24) is 0 Å². The molecule has 1 unspecified atom stereocenters. The van der Waals surface area contributed by atoms with Crippen molar-refractivity contribution >= 4 is 16.1 Å². The molecule has 0 saturated heterocycles. The summed E-state index contributed by atoms with van der Waals surface area (Å²) in [5.41, 5.74) is -2.61. The van der Waals surface area contributed by atoms with Crippen LogP contribution in [-0.2, 0) is 19.6 Å². The van der Waals surface area contributed by atoms with Crippen LogP contribution < -0.4 is 0 Å². The molecule has 0 aromatic carbocycles. The average molecular weight is 238 g/mol. The number of aliphatic hydroxyl groups excluding tert-OH is 1. The van der Waals surface area contributed by atoms with Gasteiger partial charge in [-0.15, -0.1) is 0 Å². The third kappa shape index (κ3) is 1.99. The fraction of sp³-hybridized carbons (Fsp3) is 0.875. The molecular formula is C8H14O6S. The van der Waals surface area contributed by atoms with E-state index in [-0.39, 0.29) is 0 Å². The van der Waals surface area contributed by atoms with Gasteiger partial charge in [-0.3, -0.25) is 9.35 Å². The number of methoxy groups -OCH3 is 1. The summed E-state index contributed by atoms with van der Waals surface area (Å²) in [6, 6.07) is 0. The Morgan fingerprint density at radius 2 is 1.93 bits per heavy atom. The van der Waals surface area contributed by atoms with Gasteiger partial charge in [0.05, 0.1) is 13.0 Å². The Morgan fingerprint density at radius 1 is 1.47 bits per heavy atom. The standard InChI is InChI=1S/C8H14O6S/c1-8(2)4(6(9)14-3)5(8)7(10)15(11,12)13/h4-5,7,10H,1-3H3,(H,11,12,13)/t4-,5-,7?/m0/s1. The van der Waals surface area contributed by atoms with Crippen LogP contribution in [0.4, 0.5) is 0 Å². The summed E-state index contributed by atoms with van der Waals surface area (Å²) in [4.78, 5) is 11.2. The summed E-state index contributed by atoms with van der Waals surface area (Å²) >= 11 is 0. The van der Waals surface area contributed by atoms with E-state index in [1.165, 1.54) is 7.11 Å². The lowest BCUT2D eigenvalue weighted by molar-refractivity contribution is -0.143. The number of hydrogen-bond donors (Lipinski definition) is 2. The average Bonchev–Trinajstić information content (AvgIpc) is 2.64. The van der Waals surface area contributed by atoms with E-state index in [4.69, 9.17) is 4.55 Å². The van der Waals surface area contributed by atoms with Crippen molar-refractivity contribution in [1.29, 1.82) is 0 Å². The predicted octanol–water partition coefficient (Wildman–Crippen LogP) is -0.362. The van der Waals surface area contributed by atoms with Crippen LogP contribution in [0, 0.1) is 17.3 Å². The highest BCUT2D eigenvalue weighted by Gasteiger charge is 2.67. The number of carbonyl (C=O) groups is 1. The van der Waals surface area contributed by atoms with E-state index in [0.29, 0.717) is 0 Å². The van der Waals surface area contributed by atoms with Crippen molar-refractivity contribution in [2.45, 2.75) is 19.3 Å². The Kier molecular flexibility index (Phi) is 2.84. The highest BCUT2D eigenvalue weighted by molar-refractivity contribution is 7.86. The van der Waals surface area contributed by atoms with Gasteiger partial charge in [0.25, 0.3) is 10.1 Å². The summed E-state index contributed by atoms with van der Waals surface area (Å²) in [6.07, 6.45) is 0. The smallest absolute Gasteiger partial charge is 0.309 e. The minimum atomic E-state index is -4.54. The van der Waals surface area contributed by atoms with Crippen molar-refractivity contribution in [3.8, 4) is 0 Å². The number of rotatable bonds is 3. The second-order valence-electron chi connectivity index (χ2n) is 4.25. The first kappa shape index (κ1) is 12.4. The van der Waals surface area contributed by atoms with Gasteiger partial charge in [-0.2, -0.15) is 8.42 Å². The molecule has 15 heavy (non-hydrogen) atoms. The molecule has 1 saturated carbocycles. The number of carbonyl (C=O) groups excluding carboxylic acids is 1. The van der Waals surface area contributed by atoms with Crippen LogP contribution >= 0.6 is 0 Å². The van der Waals surface area contributed by atoms with E-state index in [1.807, 2.05) is 0 Å². The fourth-order valence-corrected chi connectivity index (χ4v) is 2.85. The Bertz CT molecular complexity index is 371. The molecule has 6 nitrogen and oxygen atoms in total. The summed E-state index contributed by atoms with van der Waals surface area (Å²) in [5.74, 6) is -2.09. The SMILES string of the molecule is COC(=O)[C@@H]1[C@@H](C(O)S(=O)(=O)O)C1(C)C. The van der Waals surface area contributed by atoms with Crippen LogP contribution in [0.25, 0.3) is 0 Å². The first-order valence-electron chi connectivity index (χ1n) is 4.36. The number of ether oxygens (including phenoxy) is 1. The molecule has 0 aliphatic heterocycles. The van der Waals surface area contributed by atoms with Gasteiger partial charge < -0.3 is 9.84 Å². The van der Waals surface area contributed by atoms with Crippen LogP contribution in [0.5, 0.6) is 0 Å². The van der Waals surface area contributed by atoms with Gasteiger partial charge >= 0.3 is 5.97 Å². The largest absolute Gasteiger partial charge is 0.469 e. The Balaban J connectivity index is 2.88. The van der Waals surface area contributed by atoms with Crippen molar-refractivity contribution < 1.29 is 27.6 Å². The van der Waals surface area contributed by atoms with E-state index < -0.39 is 38.8 Å². The zero-order valence-electron chi connectivity index (χ0n) is 8.67. The lowest BCUT2D eigenvalue weighted by Crippen LogP contribution is -2.25. The van der Waals surface area contributed by atoms with Crippen LogP contribution in [0.2, 0.25) is 0 Å². The molecule has 0 radical (unpaired) electrons. The maximum Gasteiger partial charge on any atom is 0.309 e. The highest BCUT2D eigenvalue weighted by Crippen LogP contribution is 2.60. The summed E-state index contributed by atoms with van der Waals surface area (Å²) in [7, 11) is -3.35. The molecule has 3 atom stereocenters. The summed E-state index contributed by atoms with van der Waals surface area (Å²) in [5, 5.41) is 9.33. The monoisotopic (exact) mass is 238 g/mol. The van der Waals surface area contributed by atoms with Gasteiger partial charge in [0.15, 0.2) is 5.44 Å². The molecule has 0 heterocycles. The number of hydrogen-bond acceptors (Lipinski definition) is 5. The van der Waals surface area contributed by atoms with Crippen molar-refractivity contribution in [2.75, 3.05) is 7.11 Å². The second kappa shape index (κ2) is 3.43. The van der Waals surface area contributed by atoms with Crippen molar-refractivity contribution in [2.24, 2.45) is 17.3 Å². The number of aliphatic hydroxyl groups is 1. The van der Waals surface area contributed by atoms with Gasteiger partial charge in [0, 0.05) is 5.92 Å². The second-order valence-corrected chi connectivity index (χ2v) is 5.77. The molecule has 0 aromatic rings. The Morgan fingerprint density at radius 3 is 2.27 bits per heavy atom. The molecule has 1 fully saturated rings. The summed E-state index contributed by atoms with van der Waals surface area (Å²) in [6.45, 7) is 3.27. The molecule has 1 aliphatic carbocycles. The third-order valence-electron chi connectivity index (χ3n) is 2.98. The van der Waals surface area contributed by atoms with E-state index >= 15 is 0 Å². The van der Waals surface area contributed by atoms with Gasteiger partial charge in [0.1, 0.15) is 0 Å². The van der Waals surface area contributed by atoms with Crippen molar-refractivity contribution in [3.63, 3.8) is 0 Å². The topological polar surface area (TPSA) is 101 Å². The molecule has 7 heteroatoms. The first-order chi connectivity index (χ1) is 6.64. The molecule has 0 bridgehead atoms. The minimum Gasteiger partial charge on any atom is -0.469 e. The lowest BCUT2D eigenvalue weighted by Gasteiger charge is -2.07. The molecule has 0 amide bonds. The van der Waals surface area contributed by atoms with Crippen LogP contribution in [0.3, 0.4) is 0 Å². The van der Waals surface area contributed by atoms with Gasteiger partial charge in [0.2, 0.25) is 0 Å². The van der Waals surface area contributed by atoms with Gasteiger partial charge in [-0.25, -0.2) is 0 Å². The zero-order valence-corrected chi connectivity index (χ0v) is 9.48. The van der Waals surface area contributed by atoms with E-state index in [1.54, 1.807) is 13.8 Å². The number of esters is 1. The fourth-order valence-electron chi connectivity index (χ4n) is 1.97. The lowest BCUT2D eigenvalue weighted by atomic mass is 10.1. The quantitative estimate of drug-likeness (QED) is 0.514. The molecule has 1 rings (SSSR count). The maximum atomic E-state index is 11.2. The molecule has 88 valence electrons. The van der Waals surface area contributed by atoms with Crippen LogP contribution in [0.15, 0.2) is 0 Å². The normalized spacial score (nSPS) is 30.7. The van der Waals surface area contributed by atoms with E-state index in [9.17, 15) is 18.3 Å². The van der Waals surface area contributed by atoms with Crippen molar-refractivity contribution in [3.05, 3.63) is 0 Å². The molecular weight excluding hydrogens is 224 g/mol. The molecule has 0 spiro atoms. The maximum absolute atomic E-state index is 11.2. The van der Waals surface area contributed by atoms with E-state index in [0.717, 1.165) is 0 Å². The summed E-state index contributed by atoms with van der Waals surface area (Å²) < 4.78 is 34.6.